The van der Waals surface area contributed by atoms with Gasteiger partial charge in [0, 0.05) is 18.3 Å². The molecule has 0 heterocycles. The van der Waals surface area contributed by atoms with Gasteiger partial charge in [-0.25, -0.2) is 9.59 Å². The number of carbonyl (C=O) groups excluding carboxylic acids is 2. The first-order chi connectivity index (χ1) is 20.8. The SMILES string of the molecule is COC(=O)c1ccc(OC2CCC(NC(=O)Nc3ccc(OC(F)(F)F)cc3)CC2)cc1.NC(N)=NCCCC(N)C(=O)O. The van der Waals surface area contributed by atoms with Gasteiger partial charge >= 0.3 is 24.3 Å². The molecular weight excluding hydrogens is 589 g/mol. The number of halogens is 3. The molecule has 0 bridgehead atoms. The Morgan fingerprint density at radius 2 is 1.59 bits per heavy atom. The summed E-state index contributed by atoms with van der Waals surface area (Å²) in [5, 5.41) is 13.8. The summed E-state index contributed by atoms with van der Waals surface area (Å²) in [4.78, 5) is 37.5. The van der Waals surface area contributed by atoms with Gasteiger partial charge in [0.25, 0.3) is 0 Å². The third kappa shape index (κ3) is 14.0. The number of rotatable bonds is 11. The number of carboxylic acids is 1. The molecule has 1 unspecified atom stereocenters. The average Bonchev–Trinajstić information content (AvgIpc) is 2.96. The average molecular weight is 627 g/mol. The lowest BCUT2D eigenvalue weighted by atomic mass is 9.93. The van der Waals surface area contributed by atoms with E-state index in [0.29, 0.717) is 36.4 Å². The summed E-state index contributed by atoms with van der Waals surface area (Å²) in [6.45, 7) is 0.420. The Morgan fingerprint density at radius 3 is 2.11 bits per heavy atom. The fourth-order valence-corrected chi connectivity index (χ4v) is 4.04. The molecule has 0 saturated heterocycles. The minimum atomic E-state index is -4.76. The number of alkyl halides is 3. The van der Waals surface area contributed by atoms with E-state index in [1.54, 1.807) is 24.3 Å². The van der Waals surface area contributed by atoms with Crippen LogP contribution >= 0.6 is 0 Å². The van der Waals surface area contributed by atoms with Gasteiger partial charge in [-0.15, -0.1) is 13.2 Å². The van der Waals surface area contributed by atoms with Crippen molar-refractivity contribution in [3.63, 3.8) is 0 Å². The van der Waals surface area contributed by atoms with Crippen molar-refractivity contribution in [1.29, 1.82) is 0 Å². The minimum Gasteiger partial charge on any atom is -0.490 e. The molecule has 1 atom stereocenters. The summed E-state index contributed by atoms with van der Waals surface area (Å²) in [5.41, 5.74) is 16.1. The third-order valence-electron chi connectivity index (χ3n) is 6.22. The summed E-state index contributed by atoms with van der Waals surface area (Å²) < 4.78 is 51.0. The fourth-order valence-electron chi connectivity index (χ4n) is 4.04. The summed E-state index contributed by atoms with van der Waals surface area (Å²) in [6.07, 6.45) is -0.881. The number of guanidine groups is 1. The van der Waals surface area contributed by atoms with Gasteiger partial charge in [-0.05, 0) is 87.1 Å². The van der Waals surface area contributed by atoms with Gasteiger partial charge in [-0.1, -0.05) is 0 Å². The van der Waals surface area contributed by atoms with Crippen LogP contribution in [-0.4, -0.2) is 67.2 Å². The molecule has 242 valence electrons. The van der Waals surface area contributed by atoms with Crippen LogP contribution in [0.15, 0.2) is 53.5 Å². The molecule has 9 N–H and O–H groups in total. The zero-order chi connectivity index (χ0) is 32.7. The Kier molecular flexibility index (Phi) is 14.0. The van der Waals surface area contributed by atoms with E-state index in [9.17, 15) is 27.6 Å². The van der Waals surface area contributed by atoms with Crippen LogP contribution in [0.1, 0.15) is 48.9 Å². The number of methoxy groups -OCH3 is 1. The normalized spacial score (nSPS) is 16.7. The highest BCUT2D eigenvalue weighted by Crippen LogP contribution is 2.26. The van der Waals surface area contributed by atoms with Crippen LogP contribution in [-0.2, 0) is 9.53 Å². The number of nitrogens with zero attached hydrogens (tertiary/aromatic N) is 1. The van der Waals surface area contributed by atoms with Crippen LogP contribution in [0, 0.1) is 0 Å². The molecule has 16 heteroatoms. The molecule has 2 amide bonds. The number of amides is 2. The number of esters is 1. The van der Waals surface area contributed by atoms with Gasteiger partial charge in [0.2, 0.25) is 0 Å². The molecule has 1 saturated carbocycles. The smallest absolute Gasteiger partial charge is 0.490 e. The summed E-state index contributed by atoms with van der Waals surface area (Å²) in [6, 6.07) is 10.3. The summed E-state index contributed by atoms with van der Waals surface area (Å²) in [5.74, 6) is -1.10. The molecule has 3 rings (SSSR count). The Hall–Kier alpha value is -4.73. The number of hydrogen-bond acceptors (Lipinski definition) is 8. The number of urea groups is 1. The molecule has 0 spiro atoms. The van der Waals surface area contributed by atoms with Crippen molar-refractivity contribution in [2.75, 3.05) is 19.0 Å². The molecule has 44 heavy (non-hydrogen) atoms. The second-order valence-corrected chi connectivity index (χ2v) is 9.67. The number of benzene rings is 2. The van der Waals surface area contributed by atoms with Gasteiger partial charge in [-0.2, -0.15) is 0 Å². The first-order valence-electron chi connectivity index (χ1n) is 13.6. The van der Waals surface area contributed by atoms with Crippen LogP contribution in [0.4, 0.5) is 23.7 Å². The van der Waals surface area contributed by atoms with Gasteiger partial charge in [-0.3, -0.25) is 9.79 Å². The lowest BCUT2D eigenvalue weighted by molar-refractivity contribution is -0.274. The topological polar surface area (TPSA) is 214 Å². The molecule has 13 nitrogen and oxygen atoms in total. The van der Waals surface area contributed by atoms with E-state index in [1.165, 1.54) is 19.2 Å². The van der Waals surface area contributed by atoms with Gasteiger partial charge in [0.15, 0.2) is 5.96 Å². The lowest BCUT2D eigenvalue weighted by Crippen LogP contribution is -2.41. The molecule has 2 aromatic rings. The quantitative estimate of drug-likeness (QED) is 0.0926. The number of nitrogens with two attached hydrogens (primary N) is 3. The Bertz CT molecular complexity index is 1230. The maximum atomic E-state index is 12.2. The number of aliphatic imine (C=N–C) groups is 1. The van der Waals surface area contributed by atoms with Crippen molar-refractivity contribution in [3.8, 4) is 11.5 Å². The Morgan fingerprint density at radius 1 is 1.00 bits per heavy atom. The van der Waals surface area contributed by atoms with E-state index in [4.69, 9.17) is 27.0 Å². The molecule has 0 aromatic heterocycles. The largest absolute Gasteiger partial charge is 0.573 e. The Balaban J connectivity index is 0.000000477. The number of carbonyl (C=O) groups is 3. The lowest BCUT2D eigenvalue weighted by Gasteiger charge is -2.29. The second kappa shape index (κ2) is 17.4. The van der Waals surface area contributed by atoms with Crippen molar-refractivity contribution in [2.24, 2.45) is 22.2 Å². The first-order valence-corrected chi connectivity index (χ1v) is 13.6. The zero-order valence-electron chi connectivity index (χ0n) is 24.0. The van der Waals surface area contributed by atoms with Crippen LogP contribution in [0.2, 0.25) is 0 Å². The van der Waals surface area contributed by atoms with Crippen LogP contribution in [0.25, 0.3) is 0 Å². The van der Waals surface area contributed by atoms with Crippen molar-refractivity contribution >= 4 is 29.6 Å². The first kappa shape index (κ1) is 35.5. The monoisotopic (exact) mass is 626 g/mol. The van der Waals surface area contributed by atoms with Crippen molar-refractivity contribution < 1.29 is 46.9 Å². The maximum absolute atomic E-state index is 12.2. The standard InChI is InChI=1S/C22H23F3N2O5.C6H14N4O2/c1-30-20(28)14-2-8-17(9-3-14)31-18-10-4-15(5-11-18)26-21(29)27-16-6-12-19(13-7-16)32-22(23,24)25;7-4(5(11)12)2-1-3-10-6(8)9/h2-3,6-9,12-13,15,18H,4-5,10-11H2,1H3,(H2,26,27,29);4H,1-3,7H2,(H,11,12)(H4,8,9,10). The molecule has 0 aliphatic heterocycles. The summed E-state index contributed by atoms with van der Waals surface area (Å²) >= 11 is 0. The maximum Gasteiger partial charge on any atom is 0.573 e. The number of aliphatic carboxylic acids is 1. The van der Waals surface area contributed by atoms with E-state index in [2.05, 4.69) is 25.1 Å². The van der Waals surface area contributed by atoms with E-state index < -0.39 is 30.4 Å². The highest BCUT2D eigenvalue weighted by molar-refractivity contribution is 5.90. The molecule has 1 aliphatic carbocycles. The van der Waals surface area contributed by atoms with Gasteiger partial charge in [0.05, 0.1) is 18.8 Å². The number of anilines is 1. The van der Waals surface area contributed by atoms with Crippen molar-refractivity contribution in [2.45, 2.75) is 63.1 Å². The van der Waals surface area contributed by atoms with Crippen molar-refractivity contribution in [3.05, 3.63) is 54.1 Å². The highest BCUT2D eigenvalue weighted by Gasteiger charge is 2.31. The molecular formula is C28H37F3N6O7. The fraction of sp³-hybridized carbons (Fsp3) is 0.429. The van der Waals surface area contributed by atoms with E-state index in [1.807, 2.05) is 0 Å². The van der Waals surface area contributed by atoms with Crippen LogP contribution < -0.4 is 37.3 Å². The number of hydrogen-bond donors (Lipinski definition) is 6. The minimum absolute atomic E-state index is 0.00117. The van der Waals surface area contributed by atoms with Crippen molar-refractivity contribution in [1.82, 2.24) is 5.32 Å². The second-order valence-electron chi connectivity index (χ2n) is 9.67. The number of ether oxygens (including phenoxy) is 3. The molecule has 2 aromatic carbocycles. The van der Waals surface area contributed by atoms with Gasteiger partial charge in [0.1, 0.15) is 17.5 Å². The number of carboxylic acid groups (broad SMARTS) is 1. The predicted molar refractivity (Wildman–Crippen MR) is 155 cm³/mol. The zero-order valence-corrected chi connectivity index (χ0v) is 24.0. The van der Waals surface area contributed by atoms with E-state index >= 15 is 0 Å². The predicted octanol–water partition coefficient (Wildman–Crippen LogP) is 3.34. The summed E-state index contributed by atoms with van der Waals surface area (Å²) in [7, 11) is 1.32. The molecule has 1 fully saturated rings. The van der Waals surface area contributed by atoms with E-state index in [0.717, 1.165) is 37.8 Å². The van der Waals surface area contributed by atoms with Crippen LogP contribution in [0.5, 0.6) is 11.5 Å². The number of nitrogens with one attached hydrogen (secondary N) is 2. The third-order valence-corrected chi connectivity index (χ3v) is 6.22. The van der Waals surface area contributed by atoms with Crippen LogP contribution in [0.3, 0.4) is 0 Å². The molecule has 0 radical (unpaired) electrons. The molecule has 1 aliphatic rings. The highest BCUT2D eigenvalue weighted by atomic mass is 19.4. The van der Waals surface area contributed by atoms with E-state index in [-0.39, 0.29) is 23.9 Å². The van der Waals surface area contributed by atoms with Gasteiger partial charge < -0.3 is 47.2 Å². The Labute approximate surface area is 251 Å².